The highest BCUT2D eigenvalue weighted by molar-refractivity contribution is 6.13. The van der Waals surface area contributed by atoms with E-state index < -0.39 is 11.9 Å². The summed E-state index contributed by atoms with van der Waals surface area (Å²) in [5, 5.41) is 4.63. The highest BCUT2D eigenvalue weighted by atomic mass is 16.5. The summed E-state index contributed by atoms with van der Waals surface area (Å²) in [7, 11) is 0. The summed E-state index contributed by atoms with van der Waals surface area (Å²) < 4.78 is 5.76. The van der Waals surface area contributed by atoms with Crippen LogP contribution in [0.4, 0.5) is 4.79 Å². The standard InChI is InChI=1S/C19H18N2O3/c22-18-17(20-19(23)21-18)13-15-8-4-10-16(12-15)24-11-5-9-14-6-2-1-3-7-14/h1-4,6-8,10,12-13H,5,9,11H2,(H2,20,21,22,23)/b17-13+. The quantitative estimate of drug-likeness (QED) is 0.488. The zero-order chi connectivity index (χ0) is 16.8. The number of hydrogen-bond donors (Lipinski definition) is 2. The number of hydrogen-bond acceptors (Lipinski definition) is 3. The Kier molecular flexibility index (Phi) is 4.91. The molecule has 2 aromatic carbocycles. The van der Waals surface area contributed by atoms with Gasteiger partial charge in [-0.25, -0.2) is 4.79 Å². The van der Waals surface area contributed by atoms with Gasteiger partial charge in [0, 0.05) is 0 Å². The first-order chi connectivity index (χ1) is 11.7. The molecule has 1 aliphatic heterocycles. The van der Waals surface area contributed by atoms with Crippen LogP contribution in [-0.4, -0.2) is 18.5 Å². The van der Waals surface area contributed by atoms with E-state index in [2.05, 4.69) is 22.8 Å². The zero-order valence-electron chi connectivity index (χ0n) is 13.1. The number of amides is 3. The monoisotopic (exact) mass is 322 g/mol. The second kappa shape index (κ2) is 7.46. The van der Waals surface area contributed by atoms with Crippen LogP contribution in [0.1, 0.15) is 17.5 Å². The number of rotatable bonds is 6. The molecule has 1 fully saturated rings. The molecule has 3 amide bonds. The van der Waals surface area contributed by atoms with Gasteiger partial charge in [0.25, 0.3) is 5.91 Å². The molecular formula is C19H18N2O3. The van der Waals surface area contributed by atoms with Gasteiger partial charge in [-0.15, -0.1) is 0 Å². The van der Waals surface area contributed by atoms with Crippen LogP contribution >= 0.6 is 0 Å². The van der Waals surface area contributed by atoms with Crippen LogP contribution in [0.15, 0.2) is 60.3 Å². The molecule has 0 atom stereocenters. The minimum atomic E-state index is -0.500. The Bertz CT molecular complexity index is 769. The molecule has 1 heterocycles. The van der Waals surface area contributed by atoms with Crippen molar-refractivity contribution in [3.8, 4) is 5.75 Å². The van der Waals surface area contributed by atoms with Crippen LogP contribution in [-0.2, 0) is 11.2 Å². The van der Waals surface area contributed by atoms with Crippen molar-refractivity contribution in [2.45, 2.75) is 12.8 Å². The lowest BCUT2D eigenvalue weighted by Crippen LogP contribution is -2.22. The summed E-state index contributed by atoms with van der Waals surface area (Å²) >= 11 is 0. The van der Waals surface area contributed by atoms with E-state index in [1.54, 1.807) is 6.08 Å². The van der Waals surface area contributed by atoms with Crippen molar-refractivity contribution in [2.75, 3.05) is 6.61 Å². The smallest absolute Gasteiger partial charge is 0.326 e. The van der Waals surface area contributed by atoms with Crippen molar-refractivity contribution in [1.82, 2.24) is 10.6 Å². The minimum absolute atomic E-state index is 0.237. The van der Waals surface area contributed by atoms with Crippen LogP contribution in [0, 0.1) is 0 Å². The zero-order valence-corrected chi connectivity index (χ0v) is 13.1. The summed E-state index contributed by atoms with van der Waals surface area (Å²) in [6, 6.07) is 17.2. The molecule has 0 aliphatic carbocycles. The van der Waals surface area contributed by atoms with Gasteiger partial charge in [0.1, 0.15) is 11.4 Å². The molecule has 122 valence electrons. The van der Waals surface area contributed by atoms with E-state index >= 15 is 0 Å². The SMILES string of the molecule is O=C1NC(=O)/C(=C\c2cccc(OCCCc3ccccc3)c2)N1. The van der Waals surface area contributed by atoms with E-state index in [-0.39, 0.29) is 5.70 Å². The van der Waals surface area contributed by atoms with Gasteiger partial charge in [0.15, 0.2) is 0 Å². The largest absolute Gasteiger partial charge is 0.494 e. The lowest BCUT2D eigenvalue weighted by Gasteiger charge is -2.07. The summed E-state index contributed by atoms with van der Waals surface area (Å²) in [5.74, 6) is 0.316. The van der Waals surface area contributed by atoms with Gasteiger partial charge >= 0.3 is 6.03 Å². The maximum absolute atomic E-state index is 11.5. The Morgan fingerprint density at radius 1 is 0.958 bits per heavy atom. The van der Waals surface area contributed by atoms with Crippen LogP contribution in [0.25, 0.3) is 6.08 Å². The summed E-state index contributed by atoms with van der Waals surface area (Å²) in [5.41, 5.74) is 2.33. The Balaban J connectivity index is 1.55. The highest BCUT2D eigenvalue weighted by Gasteiger charge is 2.22. The molecule has 0 aromatic heterocycles. The second-order valence-electron chi connectivity index (χ2n) is 5.48. The first kappa shape index (κ1) is 15.8. The molecule has 1 saturated heterocycles. The van der Waals surface area contributed by atoms with Crippen molar-refractivity contribution >= 4 is 18.0 Å². The molecule has 3 rings (SSSR count). The number of benzene rings is 2. The average Bonchev–Trinajstić information content (AvgIpc) is 2.90. The number of nitrogens with one attached hydrogen (secondary N) is 2. The molecule has 5 nitrogen and oxygen atoms in total. The van der Waals surface area contributed by atoms with Crippen LogP contribution in [0.3, 0.4) is 0 Å². The first-order valence-electron chi connectivity index (χ1n) is 7.81. The van der Waals surface area contributed by atoms with E-state index in [9.17, 15) is 9.59 Å². The van der Waals surface area contributed by atoms with E-state index in [4.69, 9.17) is 4.74 Å². The molecule has 0 saturated carbocycles. The average molecular weight is 322 g/mol. The molecular weight excluding hydrogens is 304 g/mol. The Hall–Kier alpha value is -3.08. The van der Waals surface area contributed by atoms with Gasteiger partial charge in [-0.1, -0.05) is 42.5 Å². The number of carbonyl (C=O) groups excluding carboxylic acids is 2. The lowest BCUT2D eigenvalue weighted by molar-refractivity contribution is -0.115. The number of aryl methyl sites for hydroxylation is 1. The summed E-state index contributed by atoms with van der Waals surface area (Å²) in [4.78, 5) is 22.6. The number of imide groups is 1. The second-order valence-corrected chi connectivity index (χ2v) is 5.48. The van der Waals surface area contributed by atoms with E-state index in [0.29, 0.717) is 6.61 Å². The van der Waals surface area contributed by atoms with Crippen LogP contribution in [0.5, 0.6) is 5.75 Å². The molecule has 0 bridgehead atoms. The van der Waals surface area contributed by atoms with Crippen LogP contribution in [0.2, 0.25) is 0 Å². The molecule has 0 unspecified atom stereocenters. The predicted octanol–water partition coefficient (Wildman–Crippen LogP) is 2.88. The van der Waals surface area contributed by atoms with E-state index in [1.165, 1.54) is 5.56 Å². The Morgan fingerprint density at radius 3 is 2.54 bits per heavy atom. The molecule has 0 spiro atoms. The third kappa shape index (κ3) is 4.23. The van der Waals surface area contributed by atoms with Gasteiger partial charge in [-0.05, 0) is 42.2 Å². The van der Waals surface area contributed by atoms with E-state index in [1.807, 2.05) is 42.5 Å². The number of urea groups is 1. The third-order valence-electron chi connectivity index (χ3n) is 3.61. The summed E-state index contributed by atoms with van der Waals surface area (Å²) in [6.45, 7) is 0.617. The Labute approximate surface area is 140 Å². The molecule has 24 heavy (non-hydrogen) atoms. The maximum Gasteiger partial charge on any atom is 0.326 e. The maximum atomic E-state index is 11.5. The van der Waals surface area contributed by atoms with E-state index in [0.717, 1.165) is 24.2 Å². The fraction of sp³-hybridized carbons (Fsp3) is 0.158. The van der Waals surface area contributed by atoms with Gasteiger partial charge in [-0.2, -0.15) is 0 Å². The van der Waals surface area contributed by atoms with Gasteiger partial charge in [0.05, 0.1) is 6.61 Å². The first-order valence-corrected chi connectivity index (χ1v) is 7.81. The minimum Gasteiger partial charge on any atom is -0.494 e. The Morgan fingerprint density at radius 2 is 1.79 bits per heavy atom. The third-order valence-corrected chi connectivity index (χ3v) is 3.61. The molecule has 1 aliphatic rings. The summed E-state index contributed by atoms with van der Waals surface area (Å²) in [6.07, 6.45) is 3.52. The van der Waals surface area contributed by atoms with Crippen molar-refractivity contribution < 1.29 is 14.3 Å². The molecule has 2 N–H and O–H groups in total. The fourth-order valence-corrected chi connectivity index (χ4v) is 2.45. The molecule has 0 radical (unpaired) electrons. The van der Waals surface area contributed by atoms with Crippen molar-refractivity contribution in [3.05, 3.63) is 71.4 Å². The van der Waals surface area contributed by atoms with Crippen molar-refractivity contribution in [1.29, 1.82) is 0 Å². The lowest BCUT2D eigenvalue weighted by atomic mass is 10.1. The van der Waals surface area contributed by atoms with Crippen LogP contribution < -0.4 is 15.4 Å². The van der Waals surface area contributed by atoms with Gasteiger partial charge in [0.2, 0.25) is 0 Å². The highest BCUT2D eigenvalue weighted by Crippen LogP contribution is 2.17. The van der Waals surface area contributed by atoms with Gasteiger partial charge in [-0.3, -0.25) is 10.1 Å². The molecule has 2 aromatic rings. The molecule has 5 heteroatoms. The number of carbonyl (C=O) groups is 2. The van der Waals surface area contributed by atoms with Crippen molar-refractivity contribution in [3.63, 3.8) is 0 Å². The normalized spacial score (nSPS) is 15.2. The van der Waals surface area contributed by atoms with Gasteiger partial charge < -0.3 is 10.1 Å². The topological polar surface area (TPSA) is 67.4 Å². The van der Waals surface area contributed by atoms with Crippen molar-refractivity contribution in [2.24, 2.45) is 0 Å². The number of ether oxygens (including phenoxy) is 1. The predicted molar refractivity (Wildman–Crippen MR) is 91.4 cm³/mol. The fourth-order valence-electron chi connectivity index (χ4n) is 2.45.